The lowest BCUT2D eigenvalue weighted by Gasteiger charge is -1.95. The number of rotatable bonds is 2. The van der Waals surface area contributed by atoms with E-state index in [0.29, 0.717) is 0 Å². The first kappa shape index (κ1) is 11.9. The van der Waals surface area contributed by atoms with Gasteiger partial charge < -0.3 is 5.73 Å². The summed E-state index contributed by atoms with van der Waals surface area (Å²) in [4.78, 5) is 21.2. The summed E-state index contributed by atoms with van der Waals surface area (Å²) in [5.41, 5.74) is 9.25. The molecule has 1 aromatic heterocycles. The van der Waals surface area contributed by atoms with Crippen LogP contribution in [0.5, 0.6) is 0 Å². The van der Waals surface area contributed by atoms with Crippen LogP contribution in [0.4, 0.5) is 0 Å². The molecule has 0 aliphatic carbocycles. The number of hydrogen-bond donors (Lipinski definition) is 2. The second-order valence-electron chi connectivity index (χ2n) is 3.27. The second-order valence-corrected chi connectivity index (χ2v) is 3.27. The molecule has 1 heterocycles. The van der Waals surface area contributed by atoms with Gasteiger partial charge in [-0.15, -0.1) is 0 Å². The molecule has 0 atom stereocenters. The molecule has 2 amide bonds. The Morgan fingerprint density at radius 1 is 1.50 bits per heavy atom. The van der Waals surface area contributed by atoms with Gasteiger partial charge >= 0.3 is 11.8 Å². The van der Waals surface area contributed by atoms with E-state index < -0.39 is 11.8 Å². The average molecular weight is 223 g/mol. The van der Waals surface area contributed by atoms with Crippen LogP contribution in [-0.2, 0) is 16.6 Å². The van der Waals surface area contributed by atoms with Crippen molar-refractivity contribution in [1.29, 1.82) is 0 Å². The van der Waals surface area contributed by atoms with Gasteiger partial charge in [0.1, 0.15) is 0 Å². The molecule has 0 unspecified atom stereocenters. The first-order valence-corrected chi connectivity index (χ1v) is 4.56. The van der Waals surface area contributed by atoms with Crippen molar-refractivity contribution in [3.8, 4) is 0 Å². The Kier molecular flexibility index (Phi) is 3.39. The van der Waals surface area contributed by atoms with E-state index in [9.17, 15) is 9.59 Å². The number of carbonyl (C=O) groups excluding carboxylic acids is 2. The van der Waals surface area contributed by atoms with Crippen LogP contribution in [0, 0.1) is 13.8 Å². The Bertz CT molecular complexity index is 461. The number of nitrogens with two attached hydrogens (primary N) is 1. The molecule has 1 aromatic rings. The van der Waals surface area contributed by atoms with Crippen LogP contribution in [0.1, 0.15) is 17.0 Å². The lowest BCUT2D eigenvalue weighted by molar-refractivity contribution is -0.137. The van der Waals surface area contributed by atoms with Gasteiger partial charge in [0, 0.05) is 18.3 Å². The van der Waals surface area contributed by atoms with Gasteiger partial charge in [0.05, 0.1) is 11.9 Å². The Morgan fingerprint density at radius 3 is 2.56 bits per heavy atom. The largest absolute Gasteiger partial charge is 0.361 e. The molecule has 0 aliphatic rings. The summed E-state index contributed by atoms with van der Waals surface area (Å²) in [6.45, 7) is 3.70. The third kappa shape index (κ3) is 2.44. The molecule has 0 spiro atoms. The Morgan fingerprint density at radius 2 is 2.12 bits per heavy atom. The number of amides is 2. The van der Waals surface area contributed by atoms with E-state index in [-0.39, 0.29) is 0 Å². The lowest BCUT2D eigenvalue weighted by Crippen LogP contribution is -2.32. The van der Waals surface area contributed by atoms with E-state index >= 15 is 0 Å². The standard InChI is InChI=1S/C9H13N5O2/c1-5-7(6(2)14(3)13-5)4-11-12-9(16)8(10)15/h4H,1-3H3,(H2,10,15)(H,12,16)/b11-4+. The Balaban J connectivity index is 2.77. The number of primary amides is 1. The normalized spacial score (nSPS) is 10.7. The predicted molar refractivity (Wildman–Crippen MR) is 57.6 cm³/mol. The maximum Gasteiger partial charge on any atom is 0.329 e. The van der Waals surface area contributed by atoms with Crippen molar-refractivity contribution in [2.24, 2.45) is 17.9 Å². The monoisotopic (exact) mass is 223 g/mol. The van der Waals surface area contributed by atoms with E-state index in [0.717, 1.165) is 17.0 Å². The molecule has 0 saturated carbocycles. The summed E-state index contributed by atoms with van der Waals surface area (Å²) in [7, 11) is 1.81. The topological polar surface area (TPSA) is 102 Å². The molecule has 0 bridgehead atoms. The van der Waals surface area contributed by atoms with Crippen molar-refractivity contribution in [2.75, 3.05) is 0 Å². The third-order valence-corrected chi connectivity index (χ3v) is 2.15. The van der Waals surface area contributed by atoms with E-state index in [2.05, 4.69) is 10.2 Å². The van der Waals surface area contributed by atoms with Gasteiger partial charge in [-0.05, 0) is 13.8 Å². The minimum Gasteiger partial charge on any atom is -0.361 e. The summed E-state index contributed by atoms with van der Waals surface area (Å²) < 4.78 is 1.70. The van der Waals surface area contributed by atoms with E-state index in [1.807, 2.05) is 26.3 Å². The molecule has 3 N–H and O–H groups in total. The maximum absolute atomic E-state index is 10.8. The number of nitrogens with one attached hydrogen (secondary N) is 1. The lowest BCUT2D eigenvalue weighted by atomic mass is 10.2. The highest BCUT2D eigenvalue weighted by molar-refractivity contribution is 6.34. The number of aryl methyl sites for hydroxylation is 2. The minimum atomic E-state index is -1.07. The summed E-state index contributed by atoms with van der Waals surface area (Å²) >= 11 is 0. The minimum absolute atomic E-state index is 0.789. The van der Waals surface area contributed by atoms with Crippen LogP contribution < -0.4 is 11.2 Å². The highest BCUT2D eigenvalue weighted by Gasteiger charge is 2.08. The number of carbonyl (C=O) groups is 2. The van der Waals surface area contributed by atoms with Gasteiger partial charge in [-0.3, -0.25) is 14.3 Å². The second kappa shape index (κ2) is 4.56. The smallest absolute Gasteiger partial charge is 0.329 e. The van der Waals surface area contributed by atoms with Crippen LogP contribution in [0.25, 0.3) is 0 Å². The van der Waals surface area contributed by atoms with Gasteiger partial charge in [-0.25, -0.2) is 5.43 Å². The number of nitrogens with zero attached hydrogens (tertiary/aromatic N) is 3. The molecule has 0 radical (unpaired) electrons. The summed E-state index contributed by atoms with van der Waals surface area (Å²) in [5, 5.41) is 7.78. The fourth-order valence-electron chi connectivity index (χ4n) is 1.19. The molecule has 0 saturated heterocycles. The first-order valence-electron chi connectivity index (χ1n) is 4.56. The van der Waals surface area contributed by atoms with E-state index in [4.69, 9.17) is 5.73 Å². The first-order chi connectivity index (χ1) is 7.43. The third-order valence-electron chi connectivity index (χ3n) is 2.15. The number of aromatic nitrogens is 2. The van der Waals surface area contributed by atoms with Crippen molar-refractivity contribution in [1.82, 2.24) is 15.2 Å². The number of hydrogen-bond acceptors (Lipinski definition) is 4. The predicted octanol–water partition coefficient (Wildman–Crippen LogP) is -1.03. The number of hydrazone groups is 1. The average Bonchev–Trinajstić information content (AvgIpc) is 2.44. The van der Waals surface area contributed by atoms with Gasteiger partial charge in [0.15, 0.2) is 0 Å². The van der Waals surface area contributed by atoms with Crippen molar-refractivity contribution < 1.29 is 9.59 Å². The van der Waals surface area contributed by atoms with Gasteiger partial charge in [0.2, 0.25) is 0 Å². The fraction of sp³-hybridized carbons (Fsp3) is 0.333. The Labute approximate surface area is 92.3 Å². The highest BCUT2D eigenvalue weighted by Crippen LogP contribution is 2.08. The van der Waals surface area contributed by atoms with E-state index in [1.165, 1.54) is 6.21 Å². The van der Waals surface area contributed by atoms with Gasteiger partial charge in [-0.2, -0.15) is 10.2 Å². The summed E-state index contributed by atoms with van der Waals surface area (Å²) in [6, 6.07) is 0. The highest BCUT2D eigenvalue weighted by atomic mass is 16.2. The summed E-state index contributed by atoms with van der Waals surface area (Å²) in [5.74, 6) is -2.02. The van der Waals surface area contributed by atoms with Crippen LogP contribution in [-0.4, -0.2) is 27.8 Å². The molecular formula is C9H13N5O2. The van der Waals surface area contributed by atoms with Crippen LogP contribution in [0.2, 0.25) is 0 Å². The van der Waals surface area contributed by atoms with Crippen molar-refractivity contribution in [3.63, 3.8) is 0 Å². The molecule has 7 heteroatoms. The molecular weight excluding hydrogens is 210 g/mol. The molecule has 0 aromatic carbocycles. The molecule has 16 heavy (non-hydrogen) atoms. The Hall–Kier alpha value is -2.18. The van der Waals surface area contributed by atoms with Crippen molar-refractivity contribution in [2.45, 2.75) is 13.8 Å². The molecule has 86 valence electrons. The SMILES string of the molecule is Cc1nn(C)c(C)c1/C=N/NC(=O)C(N)=O. The zero-order valence-electron chi connectivity index (χ0n) is 9.31. The van der Waals surface area contributed by atoms with Crippen LogP contribution in [0.15, 0.2) is 5.10 Å². The van der Waals surface area contributed by atoms with Crippen LogP contribution >= 0.6 is 0 Å². The zero-order chi connectivity index (χ0) is 12.3. The quantitative estimate of drug-likeness (QED) is 0.380. The zero-order valence-corrected chi connectivity index (χ0v) is 9.31. The summed E-state index contributed by atoms with van der Waals surface area (Å²) in [6.07, 6.45) is 1.43. The van der Waals surface area contributed by atoms with Gasteiger partial charge in [-0.1, -0.05) is 0 Å². The van der Waals surface area contributed by atoms with Crippen LogP contribution in [0.3, 0.4) is 0 Å². The van der Waals surface area contributed by atoms with Crippen molar-refractivity contribution in [3.05, 3.63) is 17.0 Å². The maximum atomic E-state index is 10.8. The molecule has 0 aliphatic heterocycles. The molecule has 1 rings (SSSR count). The van der Waals surface area contributed by atoms with Crippen molar-refractivity contribution >= 4 is 18.0 Å². The van der Waals surface area contributed by atoms with Gasteiger partial charge in [0.25, 0.3) is 0 Å². The molecule has 0 fully saturated rings. The van der Waals surface area contributed by atoms with E-state index in [1.54, 1.807) is 4.68 Å². The molecule has 7 nitrogen and oxygen atoms in total. The fourth-order valence-corrected chi connectivity index (χ4v) is 1.19.